The number of anilines is 1. The Morgan fingerprint density at radius 3 is 2.52 bits per heavy atom. The molecule has 0 aliphatic carbocycles. The molecule has 1 amide bonds. The minimum atomic E-state index is -0.192. The Balaban J connectivity index is 0.00000280. The maximum atomic E-state index is 12.2. The van der Waals surface area contributed by atoms with Gasteiger partial charge in [-0.05, 0) is 41.5 Å². The summed E-state index contributed by atoms with van der Waals surface area (Å²) in [6, 6.07) is 14.6. The predicted octanol–water partition coefficient (Wildman–Crippen LogP) is 3.74. The number of benzene rings is 2. The van der Waals surface area contributed by atoms with E-state index in [0.29, 0.717) is 5.82 Å². The Morgan fingerprint density at radius 2 is 1.89 bits per heavy atom. The zero-order chi connectivity index (χ0) is 19.1. The summed E-state index contributed by atoms with van der Waals surface area (Å²) in [5.74, 6) is 0.750. The van der Waals surface area contributed by atoms with Crippen molar-refractivity contribution in [3.8, 4) is 5.75 Å². The number of nitrogens with one attached hydrogen (secondary N) is 2. The minimum Gasteiger partial charge on any atom is -0.497 e. The summed E-state index contributed by atoms with van der Waals surface area (Å²) >= 11 is 0. The number of ether oxygens (including phenoxy) is 1. The van der Waals surface area contributed by atoms with Gasteiger partial charge in [-0.15, -0.1) is 0 Å². The average molecular weight is 363 g/mol. The van der Waals surface area contributed by atoms with E-state index in [1.807, 2.05) is 24.3 Å². The molecule has 27 heavy (non-hydrogen) atoms. The molecule has 0 aliphatic rings. The lowest BCUT2D eigenvalue weighted by molar-refractivity contribution is -0.115. The molecule has 0 fully saturated rings. The molecule has 2 aromatic carbocycles. The van der Waals surface area contributed by atoms with Crippen molar-refractivity contribution in [2.75, 3.05) is 12.4 Å². The van der Waals surface area contributed by atoms with Crippen LogP contribution in [0.1, 0.15) is 23.2 Å². The predicted molar refractivity (Wildman–Crippen MR) is 106 cm³/mol. The zero-order valence-corrected chi connectivity index (χ0v) is 14.8. The largest absolute Gasteiger partial charge is 0.497 e. The van der Waals surface area contributed by atoms with Crippen molar-refractivity contribution in [2.24, 2.45) is 0 Å². The van der Waals surface area contributed by atoms with Gasteiger partial charge in [-0.2, -0.15) is 0 Å². The number of H-pyrrole nitrogens is 1. The number of allylic oxidation sites excluding steroid dienone is 1. The van der Waals surface area contributed by atoms with Crippen LogP contribution in [-0.4, -0.2) is 28.8 Å². The molecule has 6 heteroatoms. The van der Waals surface area contributed by atoms with Gasteiger partial charge in [0, 0.05) is 19.5 Å². The number of imidazole rings is 1. The van der Waals surface area contributed by atoms with Crippen molar-refractivity contribution >= 4 is 23.5 Å². The summed E-state index contributed by atoms with van der Waals surface area (Å²) in [6.07, 6.45) is 6.58. The van der Waals surface area contributed by atoms with E-state index in [9.17, 15) is 9.59 Å². The first-order chi connectivity index (χ1) is 13.1. The SMILES string of the molecule is COc1ccc(NC(=O)Cc2ccc(/C=C/C(=O)c3ncc[nH]3)cc2)cc1.[HH]. The number of rotatable bonds is 7. The van der Waals surface area contributed by atoms with Crippen LogP contribution in [0.3, 0.4) is 0 Å². The van der Waals surface area contributed by atoms with Gasteiger partial charge in [0.15, 0.2) is 5.82 Å². The first kappa shape index (κ1) is 18.1. The van der Waals surface area contributed by atoms with E-state index in [2.05, 4.69) is 15.3 Å². The third-order valence-electron chi connectivity index (χ3n) is 3.88. The number of aromatic amines is 1. The van der Waals surface area contributed by atoms with Crippen molar-refractivity contribution in [1.29, 1.82) is 0 Å². The third kappa shape index (κ3) is 5.15. The lowest BCUT2D eigenvalue weighted by Crippen LogP contribution is -2.14. The van der Waals surface area contributed by atoms with Crippen LogP contribution in [0.15, 0.2) is 67.0 Å². The van der Waals surface area contributed by atoms with Gasteiger partial charge >= 0.3 is 0 Å². The van der Waals surface area contributed by atoms with Gasteiger partial charge < -0.3 is 15.0 Å². The smallest absolute Gasteiger partial charge is 0.228 e. The number of ketones is 1. The molecule has 0 radical (unpaired) electrons. The maximum absolute atomic E-state index is 12.2. The molecule has 3 rings (SSSR count). The standard InChI is InChI=1S/C21H19N3O3.H2/c1-27-18-9-7-17(8-10-18)24-20(26)14-16-4-2-15(3-5-16)6-11-19(25)21-22-12-13-23-21;/h2-13H,14H2,1H3,(H,22,23)(H,24,26);1H/b11-6+;. The van der Waals surface area contributed by atoms with Gasteiger partial charge in [0.1, 0.15) is 5.75 Å². The number of amides is 1. The van der Waals surface area contributed by atoms with Gasteiger partial charge in [-0.25, -0.2) is 4.98 Å². The fourth-order valence-corrected chi connectivity index (χ4v) is 2.46. The molecule has 1 heterocycles. The molecule has 138 valence electrons. The van der Waals surface area contributed by atoms with E-state index in [1.54, 1.807) is 43.6 Å². The Hall–Kier alpha value is -3.67. The fourth-order valence-electron chi connectivity index (χ4n) is 2.46. The summed E-state index contributed by atoms with van der Waals surface area (Å²) in [6.45, 7) is 0. The monoisotopic (exact) mass is 363 g/mol. The van der Waals surface area contributed by atoms with E-state index in [0.717, 1.165) is 22.6 Å². The summed E-state index contributed by atoms with van der Waals surface area (Å²) in [5, 5.41) is 2.85. The van der Waals surface area contributed by atoms with Gasteiger partial charge in [0.25, 0.3) is 0 Å². The van der Waals surface area contributed by atoms with Crippen LogP contribution in [0.2, 0.25) is 0 Å². The summed E-state index contributed by atoms with van der Waals surface area (Å²) in [4.78, 5) is 30.7. The molecule has 0 spiro atoms. The number of carbonyl (C=O) groups excluding carboxylic acids is 2. The fraction of sp³-hybridized carbons (Fsp3) is 0.0952. The van der Waals surface area contributed by atoms with Crippen LogP contribution in [-0.2, 0) is 11.2 Å². The highest BCUT2D eigenvalue weighted by molar-refractivity contribution is 6.04. The first-order valence-corrected chi connectivity index (χ1v) is 8.38. The summed E-state index contributed by atoms with van der Waals surface area (Å²) < 4.78 is 5.09. The van der Waals surface area contributed by atoms with Gasteiger partial charge in [-0.1, -0.05) is 30.3 Å². The molecule has 0 bridgehead atoms. The van der Waals surface area contributed by atoms with Crippen LogP contribution >= 0.6 is 0 Å². The maximum Gasteiger partial charge on any atom is 0.228 e. The van der Waals surface area contributed by atoms with Crippen LogP contribution in [0.5, 0.6) is 5.75 Å². The Labute approximate surface area is 158 Å². The molecule has 0 saturated heterocycles. The second-order valence-corrected chi connectivity index (χ2v) is 5.83. The topological polar surface area (TPSA) is 84.1 Å². The van der Waals surface area contributed by atoms with Crippen molar-refractivity contribution in [2.45, 2.75) is 6.42 Å². The van der Waals surface area contributed by atoms with Crippen LogP contribution in [0, 0.1) is 0 Å². The van der Waals surface area contributed by atoms with Gasteiger partial charge in [-0.3, -0.25) is 9.59 Å². The van der Waals surface area contributed by atoms with Crippen LogP contribution < -0.4 is 10.1 Å². The van der Waals surface area contributed by atoms with Crippen molar-refractivity contribution in [3.63, 3.8) is 0 Å². The van der Waals surface area contributed by atoms with Crippen molar-refractivity contribution < 1.29 is 15.8 Å². The van der Waals surface area contributed by atoms with Gasteiger partial charge in [0.05, 0.1) is 13.5 Å². The molecule has 1 aromatic heterocycles. The first-order valence-electron chi connectivity index (χ1n) is 8.38. The Morgan fingerprint density at radius 1 is 1.15 bits per heavy atom. The molecule has 0 atom stereocenters. The lowest BCUT2D eigenvalue weighted by Gasteiger charge is -2.06. The Bertz CT molecular complexity index is 934. The molecular weight excluding hydrogens is 342 g/mol. The Kier molecular flexibility index (Phi) is 5.79. The van der Waals surface area contributed by atoms with Crippen molar-refractivity contribution in [3.05, 3.63) is 84.0 Å². The van der Waals surface area contributed by atoms with E-state index >= 15 is 0 Å². The number of hydrogen-bond acceptors (Lipinski definition) is 4. The number of nitrogens with zero attached hydrogens (tertiary/aromatic N) is 1. The highest BCUT2D eigenvalue weighted by Crippen LogP contribution is 2.15. The summed E-state index contributed by atoms with van der Waals surface area (Å²) in [5.41, 5.74) is 2.47. The van der Waals surface area contributed by atoms with E-state index in [4.69, 9.17) is 4.74 Å². The number of hydrogen-bond donors (Lipinski definition) is 2. The van der Waals surface area contributed by atoms with E-state index in [1.165, 1.54) is 12.3 Å². The second kappa shape index (κ2) is 8.62. The molecular formula is C21H21N3O3. The second-order valence-electron chi connectivity index (χ2n) is 5.83. The van der Waals surface area contributed by atoms with E-state index in [-0.39, 0.29) is 19.5 Å². The minimum absolute atomic E-state index is 0. The molecule has 0 aliphatic heterocycles. The number of carbonyl (C=O) groups is 2. The third-order valence-corrected chi connectivity index (χ3v) is 3.88. The average Bonchev–Trinajstić information content (AvgIpc) is 3.23. The van der Waals surface area contributed by atoms with Crippen LogP contribution in [0.25, 0.3) is 6.08 Å². The highest BCUT2D eigenvalue weighted by atomic mass is 16.5. The van der Waals surface area contributed by atoms with Crippen LogP contribution in [0.4, 0.5) is 5.69 Å². The zero-order valence-electron chi connectivity index (χ0n) is 14.8. The molecule has 0 unspecified atom stereocenters. The molecule has 3 aromatic rings. The van der Waals surface area contributed by atoms with E-state index < -0.39 is 0 Å². The van der Waals surface area contributed by atoms with Gasteiger partial charge in [0.2, 0.25) is 11.7 Å². The summed E-state index contributed by atoms with van der Waals surface area (Å²) in [7, 11) is 1.60. The molecule has 6 nitrogen and oxygen atoms in total. The molecule has 0 saturated carbocycles. The highest BCUT2D eigenvalue weighted by Gasteiger charge is 2.05. The quantitative estimate of drug-likeness (QED) is 0.495. The normalized spacial score (nSPS) is 10.7. The number of methoxy groups -OCH3 is 1. The van der Waals surface area contributed by atoms with Crippen molar-refractivity contribution in [1.82, 2.24) is 9.97 Å². The molecule has 2 N–H and O–H groups in total. The number of aromatic nitrogens is 2. The lowest BCUT2D eigenvalue weighted by atomic mass is 10.1.